The monoisotopic (exact) mass is 1580 g/mol. The van der Waals surface area contributed by atoms with Gasteiger partial charge in [-0.2, -0.15) is 4.98 Å². The van der Waals surface area contributed by atoms with Gasteiger partial charge in [0.25, 0.3) is 0 Å². The second-order valence-corrected chi connectivity index (χ2v) is 39.6. The number of nitrogens with zero attached hydrogens (tertiary/aromatic N) is 4. The minimum absolute atomic E-state index is 0.129. The summed E-state index contributed by atoms with van der Waals surface area (Å²) in [5.74, 6) is 1.30. The number of rotatable bonds is 17. The number of fused-ring (bicyclic) bond motifs is 6. The van der Waals surface area contributed by atoms with Crippen molar-refractivity contribution < 1.29 is 0 Å². The van der Waals surface area contributed by atoms with Gasteiger partial charge in [0.15, 0.2) is 0 Å². The molecule has 0 radical (unpaired) electrons. The lowest BCUT2D eigenvalue weighted by atomic mass is 9.85. The van der Waals surface area contributed by atoms with Crippen LogP contribution in [0.4, 0.5) is 0 Å². The zero-order valence-corrected chi connectivity index (χ0v) is 69.8. The predicted molar refractivity (Wildman–Crippen MR) is 506 cm³/mol. The average Bonchev–Trinajstić information content (AvgIpc) is 0.990. The molecular formula is C114H90N4S2. The molecule has 0 atom stereocenters. The smallest absolute Gasteiger partial charge is 0.237 e. The number of aromatic nitrogens is 4. The van der Waals surface area contributed by atoms with Gasteiger partial charge >= 0.3 is 0 Å². The maximum absolute atomic E-state index is 6.27. The highest BCUT2D eigenvalue weighted by Crippen LogP contribution is 2.79. The van der Waals surface area contributed by atoms with Gasteiger partial charge in [0.2, 0.25) is 5.95 Å². The number of hydrogen-bond donors (Lipinski definition) is 0. The van der Waals surface area contributed by atoms with E-state index < -0.39 is 20.1 Å². The summed E-state index contributed by atoms with van der Waals surface area (Å²) in [6.45, 7) is 13.9. The molecular weight excluding hydrogens is 1490 g/mol. The highest BCUT2D eigenvalue weighted by atomic mass is 32.3. The van der Waals surface area contributed by atoms with Crippen molar-refractivity contribution in [2.24, 2.45) is 0 Å². The molecule has 0 bridgehead atoms. The Balaban J connectivity index is 1.01. The van der Waals surface area contributed by atoms with Crippen LogP contribution < -0.4 is 0 Å². The van der Waals surface area contributed by atoms with Crippen molar-refractivity contribution >= 4 is 63.7 Å². The number of para-hydroxylation sites is 2. The quantitative estimate of drug-likeness (QED) is 0.0911. The van der Waals surface area contributed by atoms with E-state index in [4.69, 9.17) is 9.97 Å². The van der Waals surface area contributed by atoms with Crippen molar-refractivity contribution in [1.29, 1.82) is 0 Å². The van der Waals surface area contributed by atoms with E-state index in [0.29, 0.717) is 5.95 Å². The first-order chi connectivity index (χ1) is 58.7. The van der Waals surface area contributed by atoms with Crippen LogP contribution in [0.25, 0.3) is 133 Å². The lowest BCUT2D eigenvalue weighted by molar-refractivity contribution is 0.590. The van der Waals surface area contributed by atoms with Gasteiger partial charge in [-0.05, 0) is 216 Å². The summed E-state index contributed by atoms with van der Waals surface area (Å²) in [6, 6.07) is 165. The Morgan fingerprint density at radius 1 is 0.192 bits per heavy atom. The van der Waals surface area contributed by atoms with Crippen LogP contribution in [0.5, 0.6) is 0 Å². The van der Waals surface area contributed by atoms with Gasteiger partial charge in [0, 0.05) is 72.3 Å². The van der Waals surface area contributed by atoms with Crippen molar-refractivity contribution in [2.75, 3.05) is 0 Å². The second-order valence-electron chi connectivity index (χ2n) is 33.4. The predicted octanol–water partition coefficient (Wildman–Crippen LogP) is 31.6. The molecule has 120 heavy (non-hydrogen) atoms. The van der Waals surface area contributed by atoms with E-state index in [9.17, 15) is 0 Å². The summed E-state index contributed by atoms with van der Waals surface area (Å²) in [5.41, 5.74) is 21.7. The van der Waals surface area contributed by atoms with Gasteiger partial charge in [-0.15, -0.1) is 20.1 Å². The Bertz CT molecular complexity index is 6420. The molecule has 20 aromatic rings. The maximum Gasteiger partial charge on any atom is 0.237 e. The highest BCUT2D eigenvalue weighted by Gasteiger charge is 2.41. The fraction of sp³-hybridized carbons (Fsp3) is 0.0702. The average molecular weight is 1580 g/mol. The molecule has 0 saturated carbocycles. The van der Waals surface area contributed by atoms with E-state index in [1.807, 2.05) is 0 Å². The normalized spacial score (nSPS) is 12.3. The van der Waals surface area contributed by atoms with Crippen LogP contribution in [0.1, 0.15) is 52.7 Å². The molecule has 0 unspecified atom stereocenters. The van der Waals surface area contributed by atoms with Gasteiger partial charge in [-0.25, -0.2) is 4.98 Å². The first-order valence-corrected chi connectivity index (χ1v) is 44.7. The Labute approximate surface area is 706 Å². The summed E-state index contributed by atoms with van der Waals surface area (Å²) in [7, 11) is -5.62. The third-order valence-electron chi connectivity index (χ3n) is 23.9. The van der Waals surface area contributed by atoms with Gasteiger partial charge in [0.1, 0.15) is 5.82 Å². The fourth-order valence-electron chi connectivity index (χ4n) is 17.8. The van der Waals surface area contributed by atoms with E-state index in [0.717, 1.165) is 126 Å². The first-order valence-electron chi connectivity index (χ1n) is 41.5. The highest BCUT2D eigenvalue weighted by molar-refractivity contribution is 8.34. The SMILES string of the molecule is CC(C)(C)c1ccc2c(c1)c1cc(C(C)(C)C)ccc1n2-c1cc(-c2cc(S(c3cccc(-c4ccccc4)c3)(c3cccc(-c4ccccc4)c3)c3cccc(-c4ccccc4)c3)cc(S(c3cccc(-c4ccccc4)c3)(c3cccc(-c4ccccc4)c3)c3cccc(-c4ccccc4)c3)c2)nc(-n2c3ccccc3c3ccccc32)n1. The van der Waals surface area contributed by atoms with Gasteiger partial charge in [-0.1, -0.05) is 345 Å². The molecule has 3 heterocycles. The molecule has 0 aliphatic rings. The summed E-state index contributed by atoms with van der Waals surface area (Å²) in [5, 5.41) is 4.60. The van der Waals surface area contributed by atoms with E-state index in [1.54, 1.807) is 0 Å². The lowest BCUT2D eigenvalue weighted by Gasteiger charge is -2.46. The minimum Gasteiger partial charge on any atom is -0.294 e. The summed E-state index contributed by atoms with van der Waals surface area (Å²) in [4.78, 5) is 21.7. The zero-order valence-electron chi connectivity index (χ0n) is 68.2. The van der Waals surface area contributed by atoms with Gasteiger partial charge in [0.05, 0.1) is 27.8 Å². The van der Waals surface area contributed by atoms with E-state index >= 15 is 0 Å². The maximum atomic E-state index is 6.27. The molecule has 0 aliphatic heterocycles. The molecule has 0 fully saturated rings. The number of hydrogen-bond acceptors (Lipinski definition) is 2. The van der Waals surface area contributed by atoms with Crippen LogP contribution in [0.3, 0.4) is 0 Å². The molecule has 20 rings (SSSR count). The molecule has 0 N–H and O–H groups in total. The summed E-state index contributed by atoms with van der Waals surface area (Å²) in [6.07, 6.45) is 0. The van der Waals surface area contributed by atoms with Crippen molar-refractivity contribution in [3.05, 3.63) is 448 Å². The first kappa shape index (κ1) is 74.9. The molecule has 6 heteroatoms. The van der Waals surface area contributed by atoms with E-state index in [2.05, 4.69) is 487 Å². The van der Waals surface area contributed by atoms with E-state index in [-0.39, 0.29) is 10.8 Å². The van der Waals surface area contributed by atoms with E-state index in [1.165, 1.54) is 51.3 Å². The van der Waals surface area contributed by atoms with Crippen molar-refractivity contribution in [1.82, 2.24) is 19.1 Å². The van der Waals surface area contributed by atoms with Crippen LogP contribution in [0.2, 0.25) is 0 Å². The van der Waals surface area contributed by atoms with Crippen molar-refractivity contribution in [3.63, 3.8) is 0 Å². The van der Waals surface area contributed by atoms with Crippen molar-refractivity contribution in [3.8, 4) is 89.8 Å². The fourth-order valence-corrected chi connectivity index (χ4v) is 25.9. The van der Waals surface area contributed by atoms with Gasteiger partial charge in [-0.3, -0.25) is 9.13 Å². The molecule has 17 aromatic carbocycles. The Morgan fingerprint density at radius 2 is 0.450 bits per heavy atom. The third kappa shape index (κ3) is 13.5. The molecule has 3 aromatic heterocycles. The Hall–Kier alpha value is -13.9. The molecule has 0 spiro atoms. The third-order valence-corrected chi connectivity index (χ3v) is 31.5. The Kier molecular flexibility index (Phi) is 19.3. The standard InChI is InChI=1S/C114H90N4S2/c1-113(2,3)92-63-65-109-104(75-92)105-76-93(114(4,5)6)64-66-110(105)117(109)111-78-106(115-112(116-111)118-107-61-27-25-59-102(107)103-60-26-28-62-108(103)118)91-73-100(119(94-53-29-47-85(67-94)79-35-13-7-14-36-79,95-54-30-48-86(68-95)80-37-15-8-16-38-80)96-55-31-49-87(69-96)81-39-17-9-18-40-81)77-101(74-91)120(97-56-32-50-88(70-97)82-41-19-10-20-42-82,98-57-33-51-89(71-98)83-43-21-11-22-44-83)99-58-34-52-90(72-99)84-45-23-12-24-46-84/h7-78H,1-6H3. The van der Waals surface area contributed by atoms with Crippen LogP contribution in [0.15, 0.2) is 476 Å². The largest absolute Gasteiger partial charge is 0.294 e. The van der Waals surface area contributed by atoms with Crippen LogP contribution in [0, 0.1) is 0 Å². The lowest BCUT2D eigenvalue weighted by Crippen LogP contribution is -2.11. The summed E-state index contributed by atoms with van der Waals surface area (Å²) < 4.78 is 4.75. The van der Waals surface area contributed by atoms with Crippen molar-refractivity contribution in [2.45, 2.75) is 91.5 Å². The molecule has 578 valence electrons. The van der Waals surface area contributed by atoms with Crippen LogP contribution in [-0.2, 0) is 10.8 Å². The molecule has 0 aliphatic carbocycles. The zero-order chi connectivity index (χ0) is 81.1. The van der Waals surface area contributed by atoms with Crippen LogP contribution >= 0.6 is 20.1 Å². The molecule has 4 nitrogen and oxygen atoms in total. The number of benzene rings is 17. The van der Waals surface area contributed by atoms with Crippen LogP contribution in [-0.4, -0.2) is 19.1 Å². The molecule has 0 saturated heterocycles. The second kappa shape index (κ2) is 30.9. The molecule has 0 amide bonds. The minimum atomic E-state index is -2.81. The summed E-state index contributed by atoms with van der Waals surface area (Å²) >= 11 is 0. The Morgan fingerprint density at radius 3 is 0.742 bits per heavy atom. The topological polar surface area (TPSA) is 35.6 Å². The van der Waals surface area contributed by atoms with Gasteiger partial charge < -0.3 is 0 Å².